The van der Waals surface area contributed by atoms with Crippen LogP contribution in [0.1, 0.15) is 40.2 Å². The molecule has 0 spiro atoms. The van der Waals surface area contributed by atoms with Crippen molar-refractivity contribution in [2.24, 2.45) is 5.73 Å². The predicted octanol–water partition coefficient (Wildman–Crippen LogP) is 4.05. The van der Waals surface area contributed by atoms with Gasteiger partial charge in [-0.2, -0.15) is 10.6 Å². The minimum Gasteiger partial charge on any atom is -0.392 e. The third-order valence-electron chi connectivity index (χ3n) is 5.58. The van der Waals surface area contributed by atoms with E-state index >= 15 is 0 Å². The molecule has 0 aliphatic carbocycles. The number of aliphatic hydroxyl groups excluding tert-OH is 1. The minimum atomic E-state index is -2.44. The number of H-pyrrole nitrogens is 1. The van der Waals surface area contributed by atoms with E-state index in [0.29, 0.717) is 29.9 Å². The summed E-state index contributed by atoms with van der Waals surface area (Å²) in [6.07, 6.45) is 3.32. The number of hydrogen-bond acceptors (Lipinski definition) is 4. The van der Waals surface area contributed by atoms with Crippen LogP contribution in [0, 0.1) is 0 Å². The summed E-state index contributed by atoms with van der Waals surface area (Å²) < 4.78 is 19.8. The first-order chi connectivity index (χ1) is 13.4. The van der Waals surface area contributed by atoms with Crippen molar-refractivity contribution in [3.05, 3.63) is 59.3 Å². The normalized spacial score (nSPS) is 18.2. The second-order valence-corrected chi connectivity index (χ2v) is 9.82. The number of carbonyl (C=O) groups excluding carboxylic acids is 1. The average molecular weight is 401 g/mol. The van der Waals surface area contributed by atoms with Gasteiger partial charge in [-0.05, 0) is 53.1 Å². The van der Waals surface area contributed by atoms with Crippen LogP contribution in [0.2, 0.25) is 0 Å². The molecule has 0 atom stereocenters. The third-order valence-corrected chi connectivity index (χ3v) is 7.36. The van der Waals surface area contributed by atoms with Crippen molar-refractivity contribution in [3.8, 4) is 11.1 Å². The monoisotopic (exact) mass is 400 g/mol. The molecule has 4 rings (SSSR count). The van der Waals surface area contributed by atoms with Crippen molar-refractivity contribution in [1.29, 1.82) is 0 Å². The van der Waals surface area contributed by atoms with Gasteiger partial charge in [0.05, 0.1) is 17.7 Å². The summed E-state index contributed by atoms with van der Waals surface area (Å²) >= 11 is 0. The second-order valence-electron chi connectivity index (χ2n) is 7.39. The molecule has 0 radical (unpaired) electrons. The quantitative estimate of drug-likeness (QED) is 0.454. The molecule has 2 heterocycles. The summed E-state index contributed by atoms with van der Waals surface area (Å²) in [6.45, 7) is -0.0192. The van der Waals surface area contributed by atoms with E-state index in [9.17, 15) is 19.0 Å². The van der Waals surface area contributed by atoms with Crippen molar-refractivity contribution in [1.82, 2.24) is 4.98 Å². The van der Waals surface area contributed by atoms with E-state index in [0.717, 1.165) is 33.2 Å². The van der Waals surface area contributed by atoms with E-state index in [4.69, 9.17) is 5.73 Å². The zero-order valence-corrected chi connectivity index (χ0v) is 16.2. The van der Waals surface area contributed by atoms with Crippen LogP contribution in [0.15, 0.2) is 42.6 Å². The lowest BCUT2D eigenvalue weighted by Crippen LogP contribution is -2.19. The summed E-state index contributed by atoms with van der Waals surface area (Å²) in [5.41, 5.74) is 10.5. The van der Waals surface area contributed by atoms with Gasteiger partial charge in [-0.25, -0.2) is 0 Å². The molecule has 6 nitrogen and oxygen atoms in total. The smallest absolute Gasteiger partial charge is 0.250 e. The van der Waals surface area contributed by atoms with E-state index in [1.54, 1.807) is 6.07 Å². The van der Waals surface area contributed by atoms with Gasteiger partial charge >= 0.3 is 0 Å². The highest BCUT2D eigenvalue weighted by Crippen LogP contribution is 2.49. The summed E-state index contributed by atoms with van der Waals surface area (Å²) in [5, 5.41) is 10.2. The van der Waals surface area contributed by atoms with Gasteiger partial charge in [-0.1, -0.05) is 24.3 Å². The summed E-state index contributed by atoms with van der Waals surface area (Å²) in [6, 6.07) is 11.4. The van der Waals surface area contributed by atoms with Gasteiger partial charge < -0.3 is 15.8 Å². The largest absolute Gasteiger partial charge is 0.392 e. The molecule has 0 saturated carbocycles. The number of hydrogen-bond donors (Lipinski definition) is 5. The first-order valence-corrected chi connectivity index (χ1v) is 11.1. The summed E-state index contributed by atoms with van der Waals surface area (Å²) in [7, 11) is -2.44. The number of aliphatic hydroxyl groups is 1. The van der Waals surface area contributed by atoms with Crippen LogP contribution >= 0.6 is 10.6 Å². The highest BCUT2D eigenvalue weighted by Gasteiger charge is 2.27. The van der Waals surface area contributed by atoms with Gasteiger partial charge in [0.25, 0.3) is 5.91 Å². The highest BCUT2D eigenvalue weighted by molar-refractivity contribution is 8.24. The number of aromatic nitrogens is 1. The number of primary amides is 1. The summed E-state index contributed by atoms with van der Waals surface area (Å²) in [5.74, 6) is 0.538. The van der Waals surface area contributed by atoms with E-state index in [1.165, 1.54) is 0 Å². The molecule has 1 fully saturated rings. The molecule has 6 N–H and O–H groups in total. The Balaban J connectivity index is 1.80. The highest BCUT2D eigenvalue weighted by atomic mass is 32.3. The Morgan fingerprint density at radius 2 is 1.79 bits per heavy atom. The standard InChI is InChI=1S/C21H24N2O4S/c22-21(25)18-10-16(14-3-1-13(12-24)2-4-14)9-17-19(11-23-20(17)18)15-5-7-28(26,27)8-6-15/h1-4,9-11,15,23-24,26-27H,5-8,12H2,(H2,22,25). The fourth-order valence-corrected chi connectivity index (χ4v) is 5.50. The number of amides is 1. The first kappa shape index (κ1) is 19.0. The first-order valence-electron chi connectivity index (χ1n) is 9.26. The number of rotatable bonds is 4. The van der Waals surface area contributed by atoms with Gasteiger partial charge in [-0.3, -0.25) is 13.9 Å². The number of nitrogens with two attached hydrogens (primary N) is 1. The van der Waals surface area contributed by atoms with Gasteiger partial charge in [0, 0.05) is 23.1 Å². The van der Waals surface area contributed by atoms with Gasteiger partial charge in [0.15, 0.2) is 0 Å². The van der Waals surface area contributed by atoms with Gasteiger partial charge in [0.2, 0.25) is 0 Å². The fraction of sp³-hybridized carbons (Fsp3) is 0.286. The molecule has 0 bridgehead atoms. The Labute approximate surface area is 164 Å². The number of fused-ring (bicyclic) bond motifs is 1. The lowest BCUT2D eigenvalue weighted by molar-refractivity contribution is 0.100. The molecule has 148 valence electrons. The topological polar surface area (TPSA) is 120 Å². The molecule has 3 aromatic rings. The van der Waals surface area contributed by atoms with Crippen molar-refractivity contribution in [2.45, 2.75) is 25.4 Å². The van der Waals surface area contributed by atoms with Gasteiger partial charge in [-0.15, -0.1) is 0 Å². The SMILES string of the molecule is NC(=O)c1cc(-c2ccc(CO)cc2)cc2c(C3CCS(O)(O)CC3)c[nH]c12. The fourth-order valence-electron chi connectivity index (χ4n) is 3.97. The summed E-state index contributed by atoms with van der Waals surface area (Å²) in [4.78, 5) is 15.3. The molecule has 28 heavy (non-hydrogen) atoms. The van der Waals surface area contributed by atoms with Crippen LogP contribution in [-0.4, -0.2) is 36.6 Å². The van der Waals surface area contributed by atoms with Crippen LogP contribution in [0.5, 0.6) is 0 Å². The Morgan fingerprint density at radius 1 is 1.11 bits per heavy atom. The van der Waals surface area contributed by atoms with Gasteiger partial charge in [0.1, 0.15) is 0 Å². The van der Waals surface area contributed by atoms with E-state index in [2.05, 4.69) is 4.98 Å². The third kappa shape index (κ3) is 3.54. The molecule has 1 saturated heterocycles. The number of aromatic amines is 1. The zero-order chi connectivity index (χ0) is 19.9. The molecular weight excluding hydrogens is 376 g/mol. The Hall–Kier alpha value is -2.32. The lowest BCUT2D eigenvalue weighted by atomic mass is 9.90. The van der Waals surface area contributed by atoms with Crippen molar-refractivity contribution in [2.75, 3.05) is 11.5 Å². The molecule has 2 aromatic carbocycles. The number of benzene rings is 2. The van der Waals surface area contributed by atoms with E-state index in [1.807, 2.05) is 36.5 Å². The maximum atomic E-state index is 12.1. The molecule has 7 heteroatoms. The molecule has 1 amide bonds. The lowest BCUT2D eigenvalue weighted by Gasteiger charge is -2.39. The Kier molecular flexibility index (Phi) is 4.93. The Bertz CT molecular complexity index is 1020. The average Bonchev–Trinajstić information content (AvgIpc) is 3.11. The molecule has 1 aliphatic rings. The van der Waals surface area contributed by atoms with Crippen LogP contribution in [0.3, 0.4) is 0 Å². The molecule has 1 aliphatic heterocycles. The molecule has 1 aromatic heterocycles. The van der Waals surface area contributed by atoms with Crippen molar-refractivity contribution in [3.63, 3.8) is 0 Å². The molecular formula is C21H24N2O4S. The minimum absolute atomic E-state index is 0.0192. The second kappa shape index (κ2) is 7.25. The van der Waals surface area contributed by atoms with Crippen LogP contribution in [-0.2, 0) is 6.61 Å². The van der Waals surface area contributed by atoms with Crippen LogP contribution < -0.4 is 5.73 Å². The van der Waals surface area contributed by atoms with Crippen LogP contribution in [0.4, 0.5) is 0 Å². The predicted molar refractivity (Wildman–Crippen MR) is 113 cm³/mol. The maximum absolute atomic E-state index is 12.1. The number of nitrogens with one attached hydrogen (secondary N) is 1. The van der Waals surface area contributed by atoms with Crippen molar-refractivity contribution >= 4 is 27.4 Å². The maximum Gasteiger partial charge on any atom is 0.250 e. The number of carbonyl (C=O) groups is 1. The van der Waals surface area contributed by atoms with E-state index in [-0.39, 0.29) is 12.5 Å². The Morgan fingerprint density at radius 3 is 2.39 bits per heavy atom. The zero-order valence-electron chi connectivity index (χ0n) is 15.4. The van der Waals surface area contributed by atoms with Crippen LogP contribution in [0.25, 0.3) is 22.0 Å². The van der Waals surface area contributed by atoms with E-state index < -0.39 is 16.5 Å². The van der Waals surface area contributed by atoms with Crippen molar-refractivity contribution < 1.29 is 19.0 Å². The molecule has 0 unspecified atom stereocenters.